The van der Waals surface area contributed by atoms with Gasteiger partial charge in [-0.2, -0.15) is 0 Å². The number of carbonyl (C=O) groups excluding carboxylic acids is 1. The van der Waals surface area contributed by atoms with Gasteiger partial charge in [0.1, 0.15) is 0 Å². The molecule has 1 saturated heterocycles. The molecule has 1 aliphatic heterocycles. The van der Waals surface area contributed by atoms with Gasteiger partial charge < -0.3 is 10.2 Å². The van der Waals surface area contributed by atoms with Crippen molar-refractivity contribution in [3.8, 4) is 0 Å². The second-order valence-electron chi connectivity index (χ2n) is 5.55. The summed E-state index contributed by atoms with van der Waals surface area (Å²) in [6.45, 7) is 5.34. The molecule has 0 radical (unpaired) electrons. The number of hydrogen-bond acceptors (Lipinski definition) is 2. The summed E-state index contributed by atoms with van der Waals surface area (Å²) in [5.41, 5.74) is 0.516. The van der Waals surface area contributed by atoms with E-state index in [1.54, 1.807) is 0 Å². The molecular formula is C16H22F2N2O. The molecule has 0 aliphatic carbocycles. The fourth-order valence-corrected chi connectivity index (χ4v) is 2.72. The van der Waals surface area contributed by atoms with Gasteiger partial charge in [-0.15, -0.1) is 0 Å². The first kappa shape index (κ1) is 15.9. The van der Waals surface area contributed by atoms with E-state index < -0.39 is 11.6 Å². The average Bonchev–Trinajstić information content (AvgIpc) is 2.49. The highest BCUT2D eigenvalue weighted by molar-refractivity contribution is 5.78. The number of rotatable bonds is 5. The molecule has 1 amide bonds. The Labute approximate surface area is 124 Å². The van der Waals surface area contributed by atoms with Crippen LogP contribution >= 0.6 is 0 Å². The maximum absolute atomic E-state index is 13.2. The lowest BCUT2D eigenvalue weighted by atomic mass is 9.97. The Morgan fingerprint density at radius 3 is 2.62 bits per heavy atom. The van der Waals surface area contributed by atoms with Crippen LogP contribution in [0.25, 0.3) is 0 Å². The SMILES string of the molecule is CCN(CC1CCNCC1)C(=O)Cc1ccc(F)c(F)c1. The summed E-state index contributed by atoms with van der Waals surface area (Å²) in [5, 5.41) is 3.31. The maximum Gasteiger partial charge on any atom is 0.226 e. The van der Waals surface area contributed by atoms with Gasteiger partial charge in [0.25, 0.3) is 0 Å². The van der Waals surface area contributed by atoms with Gasteiger partial charge in [-0.25, -0.2) is 8.78 Å². The average molecular weight is 296 g/mol. The molecular weight excluding hydrogens is 274 g/mol. The Hall–Kier alpha value is -1.49. The summed E-state index contributed by atoms with van der Waals surface area (Å²) >= 11 is 0. The number of hydrogen-bond donors (Lipinski definition) is 1. The van der Waals surface area contributed by atoms with Gasteiger partial charge in [-0.05, 0) is 56.5 Å². The molecule has 0 atom stereocenters. The molecule has 2 rings (SSSR count). The van der Waals surface area contributed by atoms with E-state index in [9.17, 15) is 13.6 Å². The van der Waals surface area contributed by atoms with E-state index in [1.807, 2.05) is 11.8 Å². The monoisotopic (exact) mass is 296 g/mol. The van der Waals surface area contributed by atoms with Crippen molar-refractivity contribution in [2.75, 3.05) is 26.2 Å². The van der Waals surface area contributed by atoms with Crippen LogP contribution < -0.4 is 5.32 Å². The van der Waals surface area contributed by atoms with Gasteiger partial charge in [-0.1, -0.05) is 6.07 Å². The quantitative estimate of drug-likeness (QED) is 0.904. The minimum Gasteiger partial charge on any atom is -0.342 e. The van der Waals surface area contributed by atoms with E-state index in [4.69, 9.17) is 0 Å². The second kappa shape index (κ2) is 7.50. The van der Waals surface area contributed by atoms with Gasteiger partial charge in [0.15, 0.2) is 11.6 Å². The molecule has 0 unspecified atom stereocenters. The number of carbonyl (C=O) groups is 1. The van der Waals surface area contributed by atoms with Gasteiger partial charge in [0, 0.05) is 13.1 Å². The molecule has 1 aromatic carbocycles. The van der Waals surface area contributed by atoms with E-state index in [1.165, 1.54) is 6.07 Å². The highest BCUT2D eigenvalue weighted by atomic mass is 19.2. The summed E-state index contributed by atoms with van der Waals surface area (Å²) in [4.78, 5) is 14.1. The molecule has 116 valence electrons. The van der Waals surface area contributed by atoms with Crippen molar-refractivity contribution in [2.24, 2.45) is 5.92 Å². The van der Waals surface area contributed by atoms with Crippen LogP contribution in [0, 0.1) is 17.6 Å². The first-order valence-corrected chi connectivity index (χ1v) is 7.52. The minimum absolute atomic E-state index is 0.0259. The number of amides is 1. The summed E-state index contributed by atoms with van der Waals surface area (Å²) in [7, 11) is 0. The number of likely N-dealkylation sites (N-methyl/N-ethyl adjacent to an activating group) is 1. The van der Waals surface area contributed by atoms with E-state index >= 15 is 0 Å². The first-order valence-electron chi connectivity index (χ1n) is 7.52. The van der Waals surface area contributed by atoms with Gasteiger partial charge >= 0.3 is 0 Å². The zero-order valence-corrected chi connectivity index (χ0v) is 12.4. The van der Waals surface area contributed by atoms with Crippen LogP contribution in [0.4, 0.5) is 8.78 Å². The molecule has 1 aromatic rings. The molecule has 0 saturated carbocycles. The molecule has 1 fully saturated rings. The number of piperidine rings is 1. The van der Waals surface area contributed by atoms with Crippen LogP contribution in [0.1, 0.15) is 25.3 Å². The summed E-state index contributed by atoms with van der Waals surface area (Å²) < 4.78 is 26.1. The summed E-state index contributed by atoms with van der Waals surface area (Å²) in [6, 6.07) is 3.64. The maximum atomic E-state index is 13.2. The molecule has 1 N–H and O–H groups in total. The smallest absolute Gasteiger partial charge is 0.226 e. The van der Waals surface area contributed by atoms with Crippen LogP contribution in [0.5, 0.6) is 0 Å². The van der Waals surface area contributed by atoms with Gasteiger partial charge in [-0.3, -0.25) is 4.79 Å². The van der Waals surface area contributed by atoms with Crippen molar-refractivity contribution in [3.63, 3.8) is 0 Å². The van der Waals surface area contributed by atoms with Crippen molar-refractivity contribution in [1.82, 2.24) is 10.2 Å². The third-order valence-electron chi connectivity index (χ3n) is 4.01. The fourth-order valence-electron chi connectivity index (χ4n) is 2.72. The fraction of sp³-hybridized carbons (Fsp3) is 0.562. The summed E-state index contributed by atoms with van der Waals surface area (Å²) in [5.74, 6) is -1.28. The topological polar surface area (TPSA) is 32.3 Å². The van der Waals surface area contributed by atoms with Crippen molar-refractivity contribution < 1.29 is 13.6 Å². The molecule has 0 spiro atoms. The molecule has 1 aliphatic rings. The third-order valence-corrected chi connectivity index (χ3v) is 4.01. The zero-order valence-electron chi connectivity index (χ0n) is 12.4. The Morgan fingerprint density at radius 2 is 2.00 bits per heavy atom. The predicted molar refractivity (Wildman–Crippen MR) is 77.9 cm³/mol. The molecule has 1 heterocycles. The Balaban J connectivity index is 1.94. The van der Waals surface area contributed by atoms with E-state index in [2.05, 4.69) is 5.32 Å². The van der Waals surface area contributed by atoms with Crippen LogP contribution in [0.2, 0.25) is 0 Å². The molecule has 0 aromatic heterocycles. The normalized spacial score (nSPS) is 16.0. The Kier molecular flexibility index (Phi) is 5.67. The number of halogens is 2. The van der Waals surface area contributed by atoms with E-state index in [-0.39, 0.29) is 12.3 Å². The predicted octanol–water partition coefficient (Wildman–Crippen LogP) is 2.36. The second-order valence-corrected chi connectivity index (χ2v) is 5.55. The van der Waals surface area contributed by atoms with Crippen LogP contribution in [-0.4, -0.2) is 37.0 Å². The zero-order chi connectivity index (χ0) is 15.2. The van der Waals surface area contributed by atoms with Gasteiger partial charge in [0.05, 0.1) is 6.42 Å². The van der Waals surface area contributed by atoms with Crippen LogP contribution in [-0.2, 0) is 11.2 Å². The third kappa shape index (κ3) is 4.49. The molecule has 21 heavy (non-hydrogen) atoms. The highest BCUT2D eigenvalue weighted by Gasteiger charge is 2.20. The number of benzene rings is 1. The van der Waals surface area contributed by atoms with Gasteiger partial charge in [0.2, 0.25) is 5.91 Å². The molecule has 0 bridgehead atoms. The lowest BCUT2D eigenvalue weighted by Gasteiger charge is -2.29. The molecule has 5 heteroatoms. The van der Waals surface area contributed by atoms with E-state index in [0.717, 1.165) is 44.6 Å². The largest absolute Gasteiger partial charge is 0.342 e. The van der Waals surface area contributed by atoms with E-state index in [0.29, 0.717) is 18.0 Å². The first-order chi connectivity index (χ1) is 10.1. The van der Waals surface area contributed by atoms with Crippen LogP contribution in [0.15, 0.2) is 18.2 Å². The Morgan fingerprint density at radius 1 is 1.29 bits per heavy atom. The summed E-state index contributed by atoms with van der Waals surface area (Å²) in [6.07, 6.45) is 2.28. The highest BCUT2D eigenvalue weighted by Crippen LogP contribution is 2.15. The van der Waals surface area contributed by atoms with Crippen molar-refractivity contribution in [2.45, 2.75) is 26.2 Å². The number of nitrogens with one attached hydrogen (secondary N) is 1. The van der Waals surface area contributed by atoms with Crippen molar-refractivity contribution >= 4 is 5.91 Å². The number of nitrogens with zero attached hydrogens (tertiary/aromatic N) is 1. The lowest BCUT2D eigenvalue weighted by Crippen LogP contribution is -2.39. The lowest BCUT2D eigenvalue weighted by molar-refractivity contribution is -0.131. The minimum atomic E-state index is -0.901. The Bertz CT molecular complexity index is 487. The standard InChI is InChI=1S/C16H22F2N2O/c1-2-20(11-12-5-7-19-8-6-12)16(21)10-13-3-4-14(17)15(18)9-13/h3-4,9,12,19H,2,5-8,10-11H2,1H3. The van der Waals surface area contributed by atoms with Crippen molar-refractivity contribution in [3.05, 3.63) is 35.4 Å². The van der Waals surface area contributed by atoms with Crippen molar-refractivity contribution in [1.29, 1.82) is 0 Å². The molecule has 3 nitrogen and oxygen atoms in total. The van der Waals surface area contributed by atoms with Crippen LogP contribution in [0.3, 0.4) is 0 Å².